The summed E-state index contributed by atoms with van der Waals surface area (Å²) in [5, 5.41) is 0. The van der Waals surface area contributed by atoms with E-state index in [9.17, 15) is 4.79 Å². The number of fused-ring (bicyclic) bond motifs is 1. The molecule has 1 aromatic heterocycles. The maximum Gasteiger partial charge on any atom is 0.335 e. The van der Waals surface area contributed by atoms with Gasteiger partial charge < -0.3 is 18.9 Å². The van der Waals surface area contributed by atoms with E-state index >= 15 is 0 Å². The smallest absolute Gasteiger partial charge is 0.335 e. The second kappa shape index (κ2) is 12.9. The highest BCUT2D eigenvalue weighted by molar-refractivity contribution is 7.15. The quantitative estimate of drug-likeness (QED) is 0.181. The zero-order valence-corrected chi connectivity index (χ0v) is 23.8. The molecule has 0 N–H and O–H groups in total. The maximum absolute atomic E-state index is 12.1. The van der Waals surface area contributed by atoms with E-state index in [0.717, 1.165) is 39.6 Å². The number of hydrogen-bond donors (Lipinski definition) is 0. The molecule has 4 aromatic rings. The topological polar surface area (TPSA) is 66.4 Å². The molecule has 0 radical (unpaired) electrons. The second-order valence-corrected chi connectivity index (χ2v) is 10.6. The summed E-state index contributed by atoms with van der Waals surface area (Å²) in [5.41, 5.74) is 6.22. The van der Waals surface area contributed by atoms with Crippen LogP contribution in [0.5, 0.6) is 11.5 Å². The van der Waals surface area contributed by atoms with Crippen molar-refractivity contribution in [3.8, 4) is 21.9 Å². The van der Waals surface area contributed by atoms with Crippen LogP contribution in [0.4, 0.5) is 5.69 Å². The van der Waals surface area contributed by atoms with Crippen LogP contribution in [0.2, 0.25) is 0 Å². The van der Waals surface area contributed by atoms with Crippen molar-refractivity contribution in [1.29, 1.82) is 0 Å². The molecule has 0 fully saturated rings. The van der Waals surface area contributed by atoms with Gasteiger partial charge in [-0.05, 0) is 73.4 Å². The molecule has 206 valence electrons. The molecule has 0 bridgehead atoms. The summed E-state index contributed by atoms with van der Waals surface area (Å²) in [5.74, 6) is 1.28. The SMILES string of the molecule is CCOC(=O)[C@H](Cc1ccc(OCc2sc(-c3ccc(C4=Nc5ccccc5OC4)cc3)cc2C)cc1)OCC. The van der Waals surface area contributed by atoms with E-state index in [1.807, 2.05) is 55.5 Å². The van der Waals surface area contributed by atoms with Gasteiger partial charge in [-0.25, -0.2) is 9.79 Å². The molecule has 0 spiro atoms. The van der Waals surface area contributed by atoms with Crippen LogP contribution in [0.15, 0.2) is 83.9 Å². The van der Waals surface area contributed by atoms with Crippen LogP contribution in [0.25, 0.3) is 10.4 Å². The molecule has 5 rings (SSSR count). The first-order valence-electron chi connectivity index (χ1n) is 13.5. The third-order valence-corrected chi connectivity index (χ3v) is 7.90. The lowest BCUT2D eigenvalue weighted by molar-refractivity contribution is -0.156. The summed E-state index contributed by atoms with van der Waals surface area (Å²) in [6, 6.07) is 26.3. The Morgan fingerprint density at radius 1 is 0.975 bits per heavy atom. The number of aliphatic imine (C=N–C) groups is 1. The van der Waals surface area contributed by atoms with Crippen molar-refractivity contribution in [1.82, 2.24) is 0 Å². The molecule has 40 heavy (non-hydrogen) atoms. The van der Waals surface area contributed by atoms with Gasteiger partial charge in [-0.2, -0.15) is 0 Å². The first-order valence-corrected chi connectivity index (χ1v) is 14.3. The lowest BCUT2D eigenvalue weighted by Gasteiger charge is -2.17. The van der Waals surface area contributed by atoms with Gasteiger partial charge >= 0.3 is 5.97 Å². The highest BCUT2D eigenvalue weighted by Crippen LogP contribution is 2.34. The zero-order valence-electron chi connectivity index (χ0n) is 23.0. The minimum atomic E-state index is -0.598. The molecule has 7 heteroatoms. The van der Waals surface area contributed by atoms with Crippen molar-refractivity contribution in [2.24, 2.45) is 4.99 Å². The molecule has 0 saturated heterocycles. The predicted octanol–water partition coefficient (Wildman–Crippen LogP) is 7.33. The fourth-order valence-electron chi connectivity index (χ4n) is 4.51. The predicted molar refractivity (Wildman–Crippen MR) is 159 cm³/mol. The Morgan fingerprint density at radius 3 is 2.48 bits per heavy atom. The standard InChI is InChI=1S/C33H33NO5S/c1-4-36-30(33(35)37-5-2)19-23-10-16-26(17-11-23)38-21-32-22(3)18-31(40-32)25-14-12-24(13-15-25)28-20-39-29-9-7-6-8-27(29)34-28/h6-18,30H,4-5,19-21H2,1-3H3/t30-/m0/s1. The monoisotopic (exact) mass is 555 g/mol. The average molecular weight is 556 g/mol. The van der Waals surface area contributed by atoms with Crippen molar-refractivity contribution < 1.29 is 23.7 Å². The number of benzene rings is 3. The summed E-state index contributed by atoms with van der Waals surface area (Å²) in [7, 11) is 0. The van der Waals surface area contributed by atoms with Crippen molar-refractivity contribution in [3.63, 3.8) is 0 Å². The molecular formula is C33H33NO5S. The molecule has 0 amide bonds. The Balaban J connectivity index is 1.20. The molecule has 1 aliphatic rings. The van der Waals surface area contributed by atoms with E-state index < -0.39 is 6.10 Å². The number of ether oxygens (including phenoxy) is 4. The fraction of sp³-hybridized carbons (Fsp3) is 0.273. The Hall–Kier alpha value is -3.94. The number of nitrogens with zero attached hydrogens (tertiary/aromatic N) is 1. The van der Waals surface area contributed by atoms with Gasteiger partial charge in [0, 0.05) is 22.8 Å². The molecule has 0 unspecified atom stereocenters. The number of thiophene rings is 1. The van der Waals surface area contributed by atoms with Crippen LogP contribution >= 0.6 is 11.3 Å². The number of carbonyl (C=O) groups excluding carboxylic acids is 1. The van der Waals surface area contributed by atoms with E-state index in [2.05, 4.69) is 37.3 Å². The Kier molecular flexibility index (Phi) is 8.94. The van der Waals surface area contributed by atoms with E-state index in [1.54, 1.807) is 18.3 Å². The van der Waals surface area contributed by atoms with Crippen LogP contribution in [0.3, 0.4) is 0 Å². The first-order chi connectivity index (χ1) is 19.5. The Morgan fingerprint density at radius 2 is 1.73 bits per heavy atom. The molecule has 0 saturated carbocycles. The number of esters is 1. The van der Waals surface area contributed by atoms with Gasteiger partial charge in [0.2, 0.25) is 0 Å². The summed E-state index contributed by atoms with van der Waals surface area (Å²) in [6.45, 7) is 7.54. The van der Waals surface area contributed by atoms with Gasteiger partial charge in [0.05, 0.1) is 12.3 Å². The third kappa shape index (κ3) is 6.61. The lowest BCUT2D eigenvalue weighted by Crippen LogP contribution is -2.28. The first kappa shape index (κ1) is 27.6. The molecule has 1 aliphatic heterocycles. The van der Waals surface area contributed by atoms with Crippen molar-refractivity contribution in [3.05, 3.63) is 100 Å². The van der Waals surface area contributed by atoms with Gasteiger partial charge in [0.1, 0.15) is 30.4 Å². The molecule has 0 aliphatic carbocycles. The zero-order chi connectivity index (χ0) is 27.9. The third-order valence-electron chi connectivity index (χ3n) is 6.64. The number of aryl methyl sites for hydroxylation is 1. The minimum Gasteiger partial charge on any atom is -0.488 e. The normalized spacial score (nSPS) is 13.1. The molecular weight excluding hydrogens is 522 g/mol. The van der Waals surface area contributed by atoms with Gasteiger partial charge in [0.25, 0.3) is 0 Å². The number of hydrogen-bond acceptors (Lipinski definition) is 7. The summed E-state index contributed by atoms with van der Waals surface area (Å²) in [6.07, 6.45) is -0.133. The highest BCUT2D eigenvalue weighted by Gasteiger charge is 2.20. The fourth-order valence-corrected chi connectivity index (χ4v) is 5.60. The van der Waals surface area contributed by atoms with E-state index in [4.69, 9.17) is 23.9 Å². The minimum absolute atomic E-state index is 0.328. The number of para-hydroxylation sites is 2. The van der Waals surface area contributed by atoms with Crippen LogP contribution in [-0.4, -0.2) is 37.6 Å². The maximum atomic E-state index is 12.1. The Bertz CT molecular complexity index is 1470. The van der Waals surface area contributed by atoms with Gasteiger partial charge in [-0.3, -0.25) is 0 Å². The van der Waals surface area contributed by atoms with Crippen LogP contribution in [0, 0.1) is 6.92 Å². The molecule has 1 atom stereocenters. The van der Waals surface area contributed by atoms with Crippen LogP contribution in [-0.2, 0) is 27.3 Å². The Labute approximate surface area is 239 Å². The van der Waals surface area contributed by atoms with Gasteiger partial charge in [-0.1, -0.05) is 48.5 Å². The van der Waals surface area contributed by atoms with E-state index in [-0.39, 0.29) is 5.97 Å². The molecule has 2 heterocycles. The molecule has 6 nitrogen and oxygen atoms in total. The van der Waals surface area contributed by atoms with Gasteiger partial charge in [-0.15, -0.1) is 11.3 Å². The summed E-state index contributed by atoms with van der Waals surface area (Å²) in [4.78, 5) is 19.3. The van der Waals surface area contributed by atoms with E-state index in [1.165, 1.54) is 15.3 Å². The van der Waals surface area contributed by atoms with Crippen LogP contribution in [0.1, 0.15) is 35.4 Å². The summed E-state index contributed by atoms with van der Waals surface area (Å²) < 4.78 is 22.7. The number of rotatable bonds is 11. The largest absolute Gasteiger partial charge is 0.488 e. The van der Waals surface area contributed by atoms with Crippen molar-refractivity contribution in [2.75, 3.05) is 19.8 Å². The highest BCUT2D eigenvalue weighted by atomic mass is 32.1. The van der Waals surface area contributed by atoms with Gasteiger partial charge in [0.15, 0.2) is 6.10 Å². The summed E-state index contributed by atoms with van der Waals surface area (Å²) >= 11 is 1.74. The lowest BCUT2D eigenvalue weighted by atomic mass is 10.1. The average Bonchev–Trinajstić information content (AvgIpc) is 3.36. The van der Waals surface area contributed by atoms with Crippen LogP contribution < -0.4 is 9.47 Å². The number of carbonyl (C=O) groups is 1. The second-order valence-electron chi connectivity index (χ2n) is 9.44. The molecule has 3 aromatic carbocycles. The van der Waals surface area contributed by atoms with Crippen molar-refractivity contribution in [2.45, 2.75) is 39.9 Å². The van der Waals surface area contributed by atoms with E-state index in [0.29, 0.717) is 32.8 Å². The van der Waals surface area contributed by atoms with Crippen molar-refractivity contribution >= 4 is 28.7 Å².